The Balaban J connectivity index is 0.000000810. The SMILES string of the molecule is O=C1CC(=O)NC(=O)N1.[Ru]. The zero-order valence-electron chi connectivity index (χ0n) is 4.79. The summed E-state index contributed by atoms with van der Waals surface area (Å²) in [6.07, 6.45) is -0.258. The number of rotatable bonds is 0. The first kappa shape index (κ1) is 9.23. The normalized spacial score (nSPS) is 17.0. The Hall–Kier alpha value is -0.767. The minimum absolute atomic E-state index is 0. The van der Waals surface area contributed by atoms with Gasteiger partial charge in [-0.25, -0.2) is 4.79 Å². The first-order chi connectivity index (χ1) is 4.18. The van der Waals surface area contributed by atoms with E-state index in [0.717, 1.165) is 0 Å². The molecule has 56 valence electrons. The van der Waals surface area contributed by atoms with Gasteiger partial charge in [0.1, 0.15) is 6.42 Å². The number of barbiturate groups is 1. The van der Waals surface area contributed by atoms with Gasteiger partial charge in [0.05, 0.1) is 0 Å². The molecule has 0 radical (unpaired) electrons. The summed E-state index contributed by atoms with van der Waals surface area (Å²) in [5.74, 6) is -1.10. The molecular weight excluding hydrogens is 225 g/mol. The third kappa shape index (κ3) is 2.23. The zero-order chi connectivity index (χ0) is 6.85. The molecule has 1 saturated heterocycles. The number of urea groups is 1. The molecule has 1 aliphatic rings. The summed E-state index contributed by atoms with van der Waals surface area (Å²) in [6, 6.07) is -0.740. The van der Waals surface area contributed by atoms with Crippen molar-refractivity contribution in [2.75, 3.05) is 0 Å². The number of carbonyl (C=O) groups is 3. The van der Waals surface area contributed by atoms with Crippen molar-refractivity contribution >= 4 is 17.8 Å². The van der Waals surface area contributed by atoms with Gasteiger partial charge in [0, 0.05) is 19.5 Å². The quantitative estimate of drug-likeness (QED) is 0.402. The zero-order valence-corrected chi connectivity index (χ0v) is 6.52. The molecular formula is C4H4N2O3Ru. The van der Waals surface area contributed by atoms with Crippen LogP contribution in [-0.2, 0) is 29.1 Å². The van der Waals surface area contributed by atoms with Gasteiger partial charge >= 0.3 is 6.03 Å². The number of nitrogens with one attached hydrogen (secondary N) is 2. The summed E-state index contributed by atoms with van der Waals surface area (Å²) in [5, 5.41) is 3.80. The van der Waals surface area contributed by atoms with Crippen LogP contribution < -0.4 is 10.6 Å². The maximum absolute atomic E-state index is 10.3. The predicted molar refractivity (Wildman–Crippen MR) is 26.3 cm³/mol. The summed E-state index contributed by atoms with van der Waals surface area (Å²) >= 11 is 0. The first-order valence-electron chi connectivity index (χ1n) is 2.32. The Kier molecular flexibility index (Phi) is 3.15. The van der Waals surface area contributed by atoms with Gasteiger partial charge in [-0.05, 0) is 0 Å². The Morgan fingerprint density at radius 1 is 1.00 bits per heavy atom. The number of hydrogen-bond donors (Lipinski definition) is 2. The van der Waals surface area contributed by atoms with E-state index in [2.05, 4.69) is 0 Å². The molecule has 1 aliphatic heterocycles. The molecule has 0 atom stereocenters. The summed E-state index contributed by atoms with van der Waals surface area (Å²) in [4.78, 5) is 30.8. The van der Waals surface area contributed by atoms with Gasteiger partial charge in [-0.2, -0.15) is 0 Å². The van der Waals surface area contributed by atoms with Crippen molar-refractivity contribution in [3.8, 4) is 0 Å². The number of amides is 4. The molecule has 0 saturated carbocycles. The second kappa shape index (κ2) is 3.41. The van der Waals surface area contributed by atoms with Crippen molar-refractivity contribution in [3.05, 3.63) is 0 Å². The maximum atomic E-state index is 10.3. The van der Waals surface area contributed by atoms with Gasteiger partial charge in [0.15, 0.2) is 0 Å². The molecule has 2 N–H and O–H groups in total. The van der Waals surface area contributed by atoms with E-state index in [1.165, 1.54) is 0 Å². The van der Waals surface area contributed by atoms with E-state index in [0.29, 0.717) is 0 Å². The van der Waals surface area contributed by atoms with Gasteiger partial charge in [-0.1, -0.05) is 0 Å². The van der Waals surface area contributed by atoms with E-state index in [1.807, 2.05) is 10.6 Å². The fourth-order valence-corrected chi connectivity index (χ4v) is 0.519. The van der Waals surface area contributed by atoms with Gasteiger partial charge in [-0.3, -0.25) is 20.2 Å². The molecule has 4 amide bonds. The van der Waals surface area contributed by atoms with Gasteiger partial charge in [0.25, 0.3) is 0 Å². The maximum Gasteiger partial charge on any atom is 0.328 e. The van der Waals surface area contributed by atoms with E-state index in [4.69, 9.17) is 0 Å². The van der Waals surface area contributed by atoms with Crippen molar-refractivity contribution in [1.82, 2.24) is 10.6 Å². The molecule has 0 aromatic heterocycles. The first-order valence-corrected chi connectivity index (χ1v) is 2.32. The Bertz CT molecular complexity index is 146. The van der Waals surface area contributed by atoms with E-state index in [1.54, 1.807) is 0 Å². The topological polar surface area (TPSA) is 75.3 Å². The molecule has 0 spiro atoms. The van der Waals surface area contributed by atoms with Gasteiger partial charge in [-0.15, -0.1) is 0 Å². The average molecular weight is 229 g/mol. The molecule has 0 aromatic carbocycles. The summed E-state index contributed by atoms with van der Waals surface area (Å²) in [5.41, 5.74) is 0. The van der Waals surface area contributed by atoms with Crippen molar-refractivity contribution in [3.63, 3.8) is 0 Å². The molecule has 0 unspecified atom stereocenters. The van der Waals surface area contributed by atoms with Crippen LogP contribution in [-0.4, -0.2) is 17.8 Å². The Morgan fingerprint density at radius 3 is 1.70 bits per heavy atom. The van der Waals surface area contributed by atoms with E-state index in [9.17, 15) is 14.4 Å². The van der Waals surface area contributed by atoms with Crippen LogP contribution in [0, 0.1) is 0 Å². The van der Waals surface area contributed by atoms with Crippen molar-refractivity contribution in [2.45, 2.75) is 6.42 Å². The molecule has 10 heavy (non-hydrogen) atoms. The van der Waals surface area contributed by atoms with Crippen LogP contribution in [0.5, 0.6) is 0 Å². The monoisotopic (exact) mass is 230 g/mol. The fourth-order valence-electron chi connectivity index (χ4n) is 0.519. The van der Waals surface area contributed by atoms with Gasteiger partial charge < -0.3 is 0 Å². The Labute approximate surface area is 69.3 Å². The van der Waals surface area contributed by atoms with Crippen LogP contribution in [0.1, 0.15) is 6.42 Å². The number of hydrogen-bond acceptors (Lipinski definition) is 3. The second-order valence-electron chi connectivity index (χ2n) is 1.60. The number of imide groups is 2. The summed E-state index contributed by atoms with van der Waals surface area (Å²) in [6.45, 7) is 0. The van der Waals surface area contributed by atoms with Crippen LogP contribution >= 0.6 is 0 Å². The molecule has 5 nitrogen and oxygen atoms in total. The third-order valence-electron chi connectivity index (χ3n) is 0.827. The standard InChI is InChI=1S/C4H4N2O3.Ru/c7-2-1-3(8)6-4(9)5-2;/h1H2,(H2,5,6,7,8,9);. The van der Waals surface area contributed by atoms with Crippen LogP contribution in [0.15, 0.2) is 0 Å². The summed E-state index contributed by atoms with van der Waals surface area (Å²) in [7, 11) is 0. The van der Waals surface area contributed by atoms with Gasteiger partial charge in [0.2, 0.25) is 11.8 Å². The van der Waals surface area contributed by atoms with Crippen molar-refractivity contribution < 1.29 is 33.9 Å². The van der Waals surface area contributed by atoms with Crippen LogP contribution in [0.3, 0.4) is 0 Å². The molecule has 0 aromatic rings. The molecule has 1 rings (SSSR count). The number of carbonyl (C=O) groups excluding carboxylic acids is 3. The minimum Gasteiger partial charge on any atom is -0.277 e. The van der Waals surface area contributed by atoms with Crippen LogP contribution in [0.25, 0.3) is 0 Å². The fraction of sp³-hybridized carbons (Fsp3) is 0.250. The predicted octanol–water partition coefficient (Wildman–Crippen LogP) is -1.26. The molecule has 1 heterocycles. The Morgan fingerprint density at radius 2 is 1.40 bits per heavy atom. The average Bonchev–Trinajstić information content (AvgIpc) is 1.59. The smallest absolute Gasteiger partial charge is 0.277 e. The molecule has 0 aliphatic carbocycles. The summed E-state index contributed by atoms with van der Waals surface area (Å²) < 4.78 is 0. The largest absolute Gasteiger partial charge is 0.328 e. The molecule has 0 bridgehead atoms. The third-order valence-corrected chi connectivity index (χ3v) is 0.827. The minimum atomic E-state index is -0.740. The van der Waals surface area contributed by atoms with Crippen LogP contribution in [0.4, 0.5) is 4.79 Å². The van der Waals surface area contributed by atoms with E-state index in [-0.39, 0.29) is 25.9 Å². The van der Waals surface area contributed by atoms with Crippen LogP contribution in [0.2, 0.25) is 0 Å². The van der Waals surface area contributed by atoms with E-state index < -0.39 is 17.8 Å². The molecule has 1 fully saturated rings. The second-order valence-corrected chi connectivity index (χ2v) is 1.60. The molecule has 6 heteroatoms. The van der Waals surface area contributed by atoms with E-state index >= 15 is 0 Å². The van der Waals surface area contributed by atoms with Crippen molar-refractivity contribution in [1.29, 1.82) is 0 Å². The van der Waals surface area contributed by atoms with Crippen molar-refractivity contribution in [2.24, 2.45) is 0 Å².